The summed E-state index contributed by atoms with van der Waals surface area (Å²) in [6.07, 6.45) is 0. The molecular formula is C19H19N3O2S3. The molecule has 0 aliphatic carbocycles. The van der Waals surface area contributed by atoms with E-state index in [2.05, 4.69) is 15.6 Å². The number of carbonyl (C=O) groups is 2. The summed E-state index contributed by atoms with van der Waals surface area (Å²) >= 11 is 1.62. The second-order valence-corrected chi connectivity index (χ2v) is 9.39. The molecule has 27 heavy (non-hydrogen) atoms. The molecule has 1 aromatic heterocycles. The van der Waals surface area contributed by atoms with Crippen LogP contribution in [0.1, 0.15) is 12.5 Å². The monoisotopic (exact) mass is 417 g/mol. The summed E-state index contributed by atoms with van der Waals surface area (Å²) < 4.78 is 2.08. The first-order chi connectivity index (χ1) is 13.1. The zero-order valence-electron chi connectivity index (χ0n) is 14.7. The lowest BCUT2D eigenvalue weighted by Crippen LogP contribution is -2.47. The third-order valence-electron chi connectivity index (χ3n) is 3.64. The molecular weight excluding hydrogens is 398 g/mol. The van der Waals surface area contributed by atoms with Gasteiger partial charge in [-0.25, -0.2) is 4.98 Å². The number of hydrogen-bond acceptors (Lipinski definition) is 6. The van der Waals surface area contributed by atoms with Crippen molar-refractivity contribution in [3.63, 3.8) is 0 Å². The van der Waals surface area contributed by atoms with Crippen molar-refractivity contribution in [2.75, 3.05) is 5.75 Å². The molecule has 2 aromatic carbocycles. The summed E-state index contributed by atoms with van der Waals surface area (Å²) in [6.45, 7) is 1.86. The first kappa shape index (κ1) is 19.7. The predicted octanol–water partition coefficient (Wildman–Crippen LogP) is 3.86. The van der Waals surface area contributed by atoms with Crippen molar-refractivity contribution in [3.05, 3.63) is 60.2 Å². The molecule has 0 saturated carbocycles. The number of para-hydroxylation sites is 1. The maximum absolute atomic E-state index is 12.5. The van der Waals surface area contributed by atoms with Gasteiger partial charge in [0.1, 0.15) is 6.04 Å². The van der Waals surface area contributed by atoms with Gasteiger partial charge >= 0.3 is 0 Å². The molecule has 0 radical (unpaired) electrons. The van der Waals surface area contributed by atoms with Gasteiger partial charge in [0.05, 0.1) is 10.2 Å². The van der Waals surface area contributed by atoms with E-state index < -0.39 is 6.04 Å². The molecule has 0 spiro atoms. The van der Waals surface area contributed by atoms with Gasteiger partial charge in [0.2, 0.25) is 11.8 Å². The Hall–Kier alpha value is -2.03. The number of hydrogen-bond donors (Lipinski definition) is 2. The van der Waals surface area contributed by atoms with Gasteiger partial charge in [0.15, 0.2) is 4.34 Å². The topological polar surface area (TPSA) is 71.1 Å². The third-order valence-corrected chi connectivity index (χ3v) is 7.35. The van der Waals surface area contributed by atoms with Gasteiger partial charge in [-0.15, -0.1) is 11.3 Å². The number of rotatable bonds is 8. The Bertz CT molecular complexity index is 882. The van der Waals surface area contributed by atoms with E-state index in [1.54, 1.807) is 11.3 Å². The molecule has 0 fully saturated rings. The van der Waals surface area contributed by atoms with E-state index in [0.717, 1.165) is 20.1 Å². The van der Waals surface area contributed by atoms with Crippen molar-refractivity contribution in [3.8, 4) is 0 Å². The molecule has 0 saturated heterocycles. The Morgan fingerprint density at radius 2 is 1.85 bits per heavy atom. The Labute approximate surface area is 169 Å². The summed E-state index contributed by atoms with van der Waals surface area (Å²) in [7, 11) is 3.04. The fraction of sp³-hybridized carbons (Fsp3) is 0.211. The molecule has 0 unspecified atom stereocenters. The van der Waals surface area contributed by atoms with Gasteiger partial charge < -0.3 is 10.6 Å². The van der Waals surface area contributed by atoms with E-state index in [-0.39, 0.29) is 11.8 Å². The van der Waals surface area contributed by atoms with Gasteiger partial charge in [0, 0.05) is 19.2 Å². The SMILES string of the molecule is CC(=O)N[C@@H](CSSc1nc2ccccc2s1)C(=O)NCc1ccccc1. The third kappa shape index (κ3) is 5.98. The summed E-state index contributed by atoms with van der Waals surface area (Å²) in [5, 5.41) is 5.61. The van der Waals surface area contributed by atoms with Gasteiger partial charge in [-0.1, -0.05) is 53.3 Å². The number of aromatic nitrogens is 1. The minimum absolute atomic E-state index is 0.188. The van der Waals surface area contributed by atoms with E-state index in [4.69, 9.17) is 0 Å². The number of fused-ring (bicyclic) bond motifs is 1. The second-order valence-electron chi connectivity index (χ2n) is 5.77. The lowest BCUT2D eigenvalue weighted by molar-refractivity contribution is -0.127. The highest BCUT2D eigenvalue weighted by atomic mass is 33.1. The summed E-state index contributed by atoms with van der Waals surface area (Å²) in [4.78, 5) is 28.5. The molecule has 2 N–H and O–H groups in total. The van der Waals surface area contributed by atoms with Crippen LogP contribution >= 0.6 is 32.9 Å². The number of nitrogens with one attached hydrogen (secondary N) is 2. The number of carbonyl (C=O) groups excluding carboxylic acids is 2. The van der Waals surface area contributed by atoms with Crippen molar-refractivity contribution in [1.29, 1.82) is 0 Å². The second kappa shape index (κ2) is 9.77. The zero-order valence-corrected chi connectivity index (χ0v) is 17.1. The van der Waals surface area contributed by atoms with Crippen LogP contribution in [-0.2, 0) is 16.1 Å². The normalized spacial score (nSPS) is 11.9. The summed E-state index contributed by atoms with van der Waals surface area (Å²) in [5.74, 6) is 0.0488. The predicted molar refractivity (Wildman–Crippen MR) is 114 cm³/mol. The van der Waals surface area contributed by atoms with Crippen LogP contribution in [0, 0.1) is 0 Å². The molecule has 1 heterocycles. The average molecular weight is 418 g/mol. The lowest BCUT2D eigenvalue weighted by atomic mass is 10.2. The van der Waals surface area contributed by atoms with Crippen LogP contribution < -0.4 is 10.6 Å². The minimum Gasteiger partial charge on any atom is -0.350 e. The van der Waals surface area contributed by atoms with Crippen molar-refractivity contribution >= 4 is 55.0 Å². The largest absolute Gasteiger partial charge is 0.350 e. The average Bonchev–Trinajstić information content (AvgIpc) is 3.08. The number of nitrogens with zero attached hydrogens (tertiary/aromatic N) is 1. The first-order valence-corrected chi connectivity index (χ1v) is 11.5. The molecule has 3 rings (SSSR count). The Morgan fingerprint density at radius 1 is 1.11 bits per heavy atom. The highest BCUT2D eigenvalue weighted by molar-refractivity contribution is 8.77. The van der Waals surface area contributed by atoms with Crippen LogP contribution in [0.5, 0.6) is 0 Å². The van der Waals surface area contributed by atoms with E-state index in [0.29, 0.717) is 12.3 Å². The smallest absolute Gasteiger partial charge is 0.243 e. The van der Waals surface area contributed by atoms with E-state index in [9.17, 15) is 9.59 Å². The molecule has 0 aliphatic heterocycles. The fourth-order valence-electron chi connectivity index (χ4n) is 2.38. The van der Waals surface area contributed by atoms with Crippen molar-refractivity contribution in [2.45, 2.75) is 23.8 Å². The van der Waals surface area contributed by atoms with Gasteiger partial charge in [-0.2, -0.15) is 0 Å². The number of benzene rings is 2. The van der Waals surface area contributed by atoms with Crippen LogP contribution in [0.15, 0.2) is 58.9 Å². The molecule has 3 aromatic rings. The quantitative estimate of drug-likeness (QED) is 0.545. The van der Waals surface area contributed by atoms with Crippen LogP contribution in [0.25, 0.3) is 10.2 Å². The lowest BCUT2D eigenvalue weighted by Gasteiger charge is -2.16. The summed E-state index contributed by atoms with van der Waals surface area (Å²) in [5.41, 5.74) is 1.99. The number of thiazole rings is 1. The van der Waals surface area contributed by atoms with Crippen LogP contribution in [0.4, 0.5) is 0 Å². The van der Waals surface area contributed by atoms with Crippen molar-refractivity contribution in [2.24, 2.45) is 0 Å². The van der Waals surface area contributed by atoms with Crippen molar-refractivity contribution < 1.29 is 9.59 Å². The summed E-state index contributed by atoms with van der Waals surface area (Å²) in [6, 6.07) is 17.1. The van der Waals surface area contributed by atoms with Crippen LogP contribution in [0.2, 0.25) is 0 Å². The molecule has 5 nitrogen and oxygen atoms in total. The maximum atomic E-state index is 12.5. The van der Waals surface area contributed by atoms with Gasteiger partial charge in [-0.3, -0.25) is 9.59 Å². The van der Waals surface area contributed by atoms with E-state index in [1.165, 1.54) is 28.5 Å². The van der Waals surface area contributed by atoms with Gasteiger partial charge in [-0.05, 0) is 28.5 Å². The maximum Gasteiger partial charge on any atom is 0.243 e. The molecule has 1 atom stereocenters. The van der Waals surface area contributed by atoms with Gasteiger partial charge in [0.25, 0.3) is 0 Å². The highest BCUT2D eigenvalue weighted by Gasteiger charge is 2.20. The minimum atomic E-state index is -0.585. The van der Waals surface area contributed by atoms with Crippen molar-refractivity contribution in [1.82, 2.24) is 15.6 Å². The Morgan fingerprint density at radius 3 is 2.59 bits per heavy atom. The molecule has 0 bridgehead atoms. The standard InChI is InChI=1S/C19H19N3O2S3/c1-13(23)21-16(18(24)20-11-14-7-3-2-4-8-14)12-25-27-19-22-15-9-5-6-10-17(15)26-19/h2-10,16H,11-12H2,1H3,(H,20,24)(H,21,23)/t16-/m0/s1. The fourth-order valence-corrected chi connectivity index (χ4v) is 5.92. The Balaban J connectivity index is 1.53. The van der Waals surface area contributed by atoms with E-state index >= 15 is 0 Å². The number of amides is 2. The zero-order chi connectivity index (χ0) is 19.1. The molecule has 8 heteroatoms. The molecule has 2 amide bonds. The van der Waals surface area contributed by atoms with Crippen LogP contribution in [-0.4, -0.2) is 28.6 Å². The van der Waals surface area contributed by atoms with Crippen LogP contribution in [0.3, 0.4) is 0 Å². The van der Waals surface area contributed by atoms with E-state index in [1.807, 2.05) is 54.6 Å². The Kier molecular flexibility index (Phi) is 7.14. The molecule has 0 aliphatic rings. The molecule has 140 valence electrons. The first-order valence-electron chi connectivity index (χ1n) is 8.35. The highest BCUT2D eigenvalue weighted by Crippen LogP contribution is 2.36.